The lowest BCUT2D eigenvalue weighted by molar-refractivity contribution is 0.0976. The third-order valence-electron chi connectivity index (χ3n) is 3.47. The first-order valence-corrected chi connectivity index (χ1v) is 9.64. The molecule has 0 aliphatic rings. The molecule has 8 nitrogen and oxygen atoms in total. The van der Waals surface area contributed by atoms with E-state index in [1.54, 1.807) is 48.5 Å². The Morgan fingerprint density at radius 3 is 2.58 bits per heavy atom. The summed E-state index contributed by atoms with van der Waals surface area (Å²) in [4.78, 5) is 13.5. The van der Waals surface area contributed by atoms with E-state index >= 15 is 0 Å². The summed E-state index contributed by atoms with van der Waals surface area (Å²) in [5.74, 6) is -0.867. The van der Waals surface area contributed by atoms with Gasteiger partial charge in [-0.15, -0.1) is 5.10 Å². The number of nitrogens with one attached hydrogen (secondary N) is 1. The number of hydrogen-bond acceptors (Lipinski definition) is 5. The molecule has 0 aliphatic carbocycles. The maximum Gasteiger partial charge on any atom is 0.326 e. The van der Waals surface area contributed by atoms with E-state index in [1.165, 1.54) is 18.0 Å². The number of carbonyl (C=O) groups excluding carboxylic acids is 1. The van der Waals surface area contributed by atoms with Crippen molar-refractivity contribution in [2.24, 2.45) is 0 Å². The first-order valence-electron chi connectivity index (χ1n) is 7.41. The van der Waals surface area contributed by atoms with Gasteiger partial charge in [0.05, 0.1) is 17.6 Å². The molecule has 0 saturated heterocycles. The second kappa shape index (κ2) is 7.26. The number of hydrogen-bond donors (Lipinski definition) is 1. The third-order valence-corrected chi connectivity index (χ3v) is 5.33. The largest absolute Gasteiger partial charge is 0.326 e. The van der Waals surface area contributed by atoms with Gasteiger partial charge >= 0.3 is 10.2 Å². The predicted octanol–water partition coefficient (Wildman–Crippen LogP) is 2.14. The van der Waals surface area contributed by atoms with Crippen LogP contribution in [0.5, 0.6) is 0 Å². The van der Waals surface area contributed by atoms with Gasteiger partial charge in [-0.25, -0.2) is 4.72 Å². The van der Waals surface area contributed by atoms with Gasteiger partial charge in [0.25, 0.3) is 5.91 Å². The number of nitrogens with zero attached hydrogens (tertiary/aromatic N) is 4. The molecule has 0 saturated carbocycles. The first kappa shape index (κ1) is 18.1. The fourth-order valence-corrected chi connectivity index (χ4v) is 3.37. The summed E-state index contributed by atoms with van der Waals surface area (Å²) >= 11 is 3.34. The van der Waals surface area contributed by atoms with Crippen LogP contribution >= 0.6 is 15.9 Å². The van der Waals surface area contributed by atoms with Crippen molar-refractivity contribution in [3.05, 3.63) is 71.0 Å². The molecule has 0 fully saturated rings. The average Bonchev–Trinajstić information content (AvgIpc) is 3.12. The Morgan fingerprint density at radius 2 is 1.88 bits per heavy atom. The molecule has 1 heterocycles. The minimum Gasteiger partial charge on any atom is -0.266 e. The number of aromatic nitrogens is 3. The lowest BCUT2D eigenvalue weighted by Crippen LogP contribution is -2.41. The maximum absolute atomic E-state index is 12.4. The van der Waals surface area contributed by atoms with Crippen molar-refractivity contribution in [1.82, 2.24) is 19.7 Å². The van der Waals surface area contributed by atoms with E-state index in [0.717, 1.165) is 8.78 Å². The summed E-state index contributed by atoms with van der Waals surface area (Å²) in [7, 11) is -2.72. The number of amides is 1. The smallest absolute Gasteiger partial charge is 0.266 e. The standard InChI is InChI=1S/C16H14BrN5O3S/c1-21(13-7-3-2-4-8-13)26(24,25)20-16(23)15-11-18-22(19-15)14-9-5-6-12(17)10-14/h2-11H,1H3,(H,20,23). The maximum atomic E-state index is 12.4. The minimum atomic E-state index is -4.07. The number of carbonyl (C=O) groups is 1. The summed E-state index contributed by atoms with van der Waals surface area (Å²) in [6, 6.07) is 15.6. The molecule has 1 N–H and O–H groups in total. The van der Waals surface area contributed by atoms with Crippen LogP contribution in [0.3, 0.4) is 0 Å². The van der Waals surface area contributed by atoms with E-state index in [2.05, 4.69) is 26.1 Å². The zero-order chi connectivity index (χ0) is 18.7. The van der Waals surface area contributed by atoms with Gasteiger partial charge in [-0.3, -0.25) is 9.10 Å². The summed E-state index contributed by atoms with van der Waals surface area (Å²) in [5, 5.41) is 8.02. The number of anilines is 1. The Balaban J connectivity index is 1.78. The second-order valence-corrected chi connectivity index (χ2v) is 7.86. The number of benzene rings is 2. The summed E-state index contributed by atoms with van der Waals surface area (Å²) in [6.07, 6.45) is 1.20. The summed E-state index contributed by atoms with van der Waals surface area (Å²) < 4.78 is 28.5. The van der Waals surface area contributed by atoms with Crippen LogP contribution in [-0.2, 0) is 10.2 Å². The highest BCUT2D eigenvalue weighted by Crippen LogP contribution is 2.15. The molecule has 3 rings (SSSR count). The number of halogens is 1. The molecule has 0 aliphatic heterocycles. The van der Waals surface area contributed by atoms with Gasteiger partial charge in [0.1, 0.15) is 0 Å². The molecule has 10 heteroatoms. The highest BCUT2D eigenvalue weighted by Gasteiger charge is 2.23. The quantitative estimate of drug-likeness (QED) is 0.661. The molecule has 1 amide bonds. The van der Waals surface area contributed by atoms with Gasteiger partial charge in [0, 0.05) is 11.5 Å². The van der Waals surface area contributed by atoms with Crippen molar-refractivity contribution in [1.29, 1.82) is 0 Å². The molecule has 3 aromatic rings. The lowest BCUT2D eigenvalue weighted by Gasteiger charge is -2.19. The van der Waals surface area contributed by atoms with Crippen molar-refractivity contribution in [3.63, 3.8) is 0 Å². The zero-order valence-electron chi connectivity index (χ0n) is 13.6. The summed E-state index contributed by atoms with van der Waals surface area (Å²) in [6.45, 7) is 0. The van der Waals surface area contributed by atoms with Crippen molar-refractivity contribution in [2.75, 3.05) is 11.4 Å². The fourth-order valence-electron chi connectivity index (χ4n) is 2.11. The van der Waals surface area contributed by atoms with E-state index in [1.807, 2.05) is 10.8 Å². The molecule has 2 aromatic carbocycles. The second-order valence-electron chi connectivity index (χ2n) is 5.24. The van der Waals surface area contributed by atoms with Gasteiger partial charge < -0.3 is 0 Å². The van der Waals surface area contributed by atoms with Gasteiger partial charge in [-0.05, 0) is 30.3 Å². The van der Waals surface area contributed by atoms with E-state index < -0.39 is 16.1 Å². The van der Waals surface area contributed by atoms with Crippen molar-refractivity contribution < 1.29 is 13.2 Å². The van der Waals surface area contributed by atoms with E-state index in [9.17, 15) is 13.2 Å². The average molecular weight is 436 g/mol. The van der Waals surface area contributed by atoms with Crippen molar-refractivity contribution in [2.45, 2.75) is 0 Å². The van der Waals surface area contributed by atoms with Crippen LogP contribution in [0.15, 0.2) is 65.3 Å². The predicted molar refractivity (Wildman–Crippen MR) is 100 cm³/mol. The zero-order valence-corrected chi connectivity index (χ0v) is 16.0. The molecule has 0 radical (unpaired) electrons. The lowest BCUT2D eigenvalue weighted by atomic mass is 10.3. The van der Waals surface area contributed by atoms with Crippen LogP contribution in [-0.4, -0.2) is 36.4 Å². The van der Waals surface area contributed by atoms with E-state index in [-0.39, 0.29) is 5.69 Å². The van der Waals surface area contributed by atoms with E-state index in [4.69, 9.17) is 0 Å². The Kier molecular flexibility index (Phi) is 5.05. The molecule has 0 bridgehead atoms. The number of rotatable bonds is 5. The van der Waals surface area contributed by atoms with Crippen LogP contribution in [0.25, 0.3) is 5.69 Å². The SMILES string of the molecule is CN(c1ccccc1)S(=O)(=O)NC(=O)c1cnn(-c2cccc(Br)c2)n1. The molecule has 1 aromatic heterocycles. The highest BCUT2D eigenvalue weighted by atomic mass is 79.9. The number of para-hydroxylation sites is 1. The van der Waals surface area contributed by atoms with Crippen LogP contribution in [0.2, 0.25) is 0 Å². The van der Waals surface area contributed by atoms with Crippen LogP contribution in [0, 0.1) is 0 Å². The Labute approximate surface area is 158 Å². The first-order chi connectivity index (χ1) is 12.4. The molecular weight excluding hydrogens is 422 g/mol. The van der Waals surface area contributed by atoms with Gasteiger partial charge in [-0.1, -0.05) is 40.2 Å². The summed E-state index contributed by atoms with van der Waals surface area (Å²) in [5.41, 5.74) is 0.934. The fraction of sp³-hybridized carbons (Fsp3) is 0.0625. The van der Waals surface area contributed by atoms with E-state index in [0.29, 0.717) is 11.4 Å². The highest BCUT2D eigenvalue weighted by molar-refractivity contribution is 9.10. The van der Waals surface area contributed by atoms with Gasteiger partial charge in [0.15, 0.2) is 5.69 Å². The monoisotopic (exact) mass is 435 g/mol. The van der Waals surface area contributed by atoms with Crippen LogP contribution in [0.1, 0.15) is 10.5 Å². The van der Waals surface area contributed by atoms with Crippen molar-refractivity contribution in [3.8, 4) is 5.69 Å². The van der Waals surface area contributed by atoms with Crippen LogP contribution in [0.4, 0.5) is 5.69 Å². The van der Waals surface area contributed by atoms with Crippen LogP contribution < -0.4 is 9.03 Å². The molecular formula is C16H14BrN5O3S. The normalized spacial score (nSPS) is 11.2. The molecule has 0 spiro atoms. The Morgan fingerprint density at radius 1 is 1.15 bits per heavy atom. The molecule has 0 atom stereocenters. The Hall–Kier alpha value is -2.72. The molecule has 134 valence electrons. The third kappa shape index (κ3) is 3.92. The Bertz CT molecular complexity index is 1040. The minimum absolute atomic E-state index is 0.116. The van der Waals surface area contributed by atoms with Crippen molar-refractivity contribution >= 4 is 37.7 Å². The van der Waals surface area contributed by atoms with Gasteiger partial charge in [0.2, 0.25) is 0 Å². The molecule has 0 unspecified atom stereocenters. The topological polar surface area (TPSA) is 97.2 Å². The van der Waals surface area contributed by atoms with Gasteiger partial charge in [-0.2, -0.15) is 18.3 Å². The molecule has 26 heavy (non-hydrogen) atoms.